The maximum atomic E-state index is 5.94. The molecule has 1 aliphatic carbocycles. The van der Waals surface area contributed by atoms with Crippen LogP contribution in [0.2, 0.25) is 0 Å². The topological polar surface area (TPSA) is 60.2 Å². The highest BCUT2D eigenvalue weighted by Crippen LogP contribution is 2.23. The lowest BCUT2D eigenvalue weighted by molar-refractivity contribution is 0.0347. The van der Waals surface area contributed by atoms with E-state index in [2.05, 4.69) is 10.3 Å². The number of hydrogen-bond acceptors (Lipinski definition) is 4. The van der Waals surface area contributed by atoms with Crippen LogP contribution in [-0.2, 0) is 4.74 Å². The van der Waals surface area contributed by atoms with Crippen LogP contribution >= 0.6 is 0 Å². The predicted molar refractivity (Wildman–Crippen MR) is 87.5 cm³/mol. The molecule has 21 heavy (non-hydrogen) atoms. The van der Waals surface area contributed by atoms with E-state index in [9.17, 15) is 0 Å². The lowest BCUT2D eigenvalue weighted by Gasteiger charge is -2.22. The zero-order valence-electron chi connectivity index (χ0n) is 12.3. The van der Waals surface area contributed by atoms with Crippen LogP contribution in [0.4, 0.5) is 11.4 Å². The Morgan fingerprint density at radius 2 is 2.05 bits per heavy atom. The van der Waals surface area contributed by atoms with E-state index in [0.29, 0.717) is 6.10 Å². The van der Waals surface area contributed by atoms with Crippen molar-refractivity contribution in [3.63, 3.8) is 0 Å². The summed E-state index contributed by atoms with van der Waals surface area (Å²) < 4.78 is 5.94. The van der Waals surface area contributed by atoms with E-state index >= 15 is 0 Å². The minimum atomic E-state index is 0.467. The van der Waals surface area contributed by atoms with Crippen LogP contribution in [0.5, 0.6) is 0 Å². The minimum Gasteiger partial charge on any atom is -0.399 e. The Morgan fingerprint density at radius 1 is 1.19 bits per heavy atom. The third-order valence-corrected chi connectivity index (χ3v) is 4.09. The first-order valence-electron chi connectivity index (χ1n) is 7.82. The quantitative estimate of drug-likeness (QED) is 0.651. The first-order valence-corrected chi connectivity index (χ1v) is 7.82. The highest BCUT2D eigenvalue weighted by molar-refractivity contribution is 5.92. The highest BCUT2D eigenvalue weighted by Gasteiger charge is 2.13. The Labute approximate surface area is 125 Å². The molecular weight excluding hydrogens is 262 g/mol. The van der Waals surface area contributed by atoms with E-state index in [4.69, 9.17) is 10.5 Å². The summed E-state index contributed by atoms with van der Waals surface area (Å²) in [5.41, 5.74) is 8.56. The molecule has 0 aliphatic heterocycles. The first kappa shape index (κ1) is 14.1. The van der Waals surface area contributed by atoms with Gasteiger partial charge in [0, 0.05) is 29.5 Å². The molecular formula is C17H23N3O. The molecule has 1 fully saturated rings. The van der Waals surface area contributed by atoms with Crippen molar-refractivity contribution < 1.29 is 4.74 Å². The summed E-state index contributed by atoms with van der Waals surface area (Å²) >= 11 is 0. The van der Waals surface area contributed by atoms with E-state index < -0.39 is 0 Å². The van der Waals surface area contributed by atoms with Crippen molar-refractivity contribution in [2.75, 3.05) is 24.2 Å². The van der Waals surface area contributed by atoms with Crippen molar-refractivity contribution in [2.24, 2.45) is 0 Å². The molecule has 0 atom stereocenters. The van der Waals surface area contributed by atoms with E-state index in [-0.39, 0.29) is 0 Å². The number of pyridine rings is 1. The Balaban J connectivity index is 1.55. The van der Waals surface area contributed by atoms with Crippen LogP contribution in [0.15, 0.2) is 30.5 Å². The van der Waals surface area contributed by atoms with Crippen molar-refractivity contribution in [2.45, 2.75) is 38.2 Å². The van der Waals surface area contributed by atoms with Gasteiger partial charge in [0.05, 0.1) is 18.2 Å². The SMILES string of the molecule is Nc1ccc2c(NCCOC3CCCCC3)ccnc2c1. The Bertz CT molecular complexity index is 594. The number of nitrogens with two attached hydrogens (primary N) is 1. The minimum absolute atomic E-state index is 0.467. The Kier molecular flexibility index (Phi) is 4.55. The van der Waals surface area contributed by atoms with Gasteiger partial charge in [0.15, 0.2) is 0 Å². The number of rotatable bonds is 5. The van der Waals surface area contributed by atoms with Gasteiger partial charge >= 0.3 is 0 Å². The van der Waals surface area contributed by atoms with Crippen molar-refractivity contribution in [3.8, 4) is 0 Å². The van der Waals surface area contributed by atoms with Gasteiger partial charge in [0.25, 0.3) is 0 Å². The monoisotopic (exact) mass is 285 g/mol. The number of nitrogens with one attached hydrogen (secondary N) is 1. The Morgan fingerprint density at radius 3 is 2.90 bits per heavy atom. The molecule has 1 saturated carbocycles. The third kappa shape index (κ3) is 3.64. The van der Waals surface area contributed by atoms with Crippen LogP contribution in [0, 0.1) is 0 Å². The second-order valence-corrected chi connectivity index (χ2v) is 5.69. The molecule has 0 bridgehead atoms. The summed E-state index contributed by atoms with van der Waals surface area (Å²) in [5, 5.41) is 4.54. The van der Waals surface area contributed by atoms with Crippen molar-refractivity contribution >= 4 is 22.3 Å². The van der Waals surface area contributed by atoms with Crippen molar-refractivity contribution in [1.29, 1.82) is 0 Å². The van der Waals surface area contributed by atoms with Crippen LogP contribution in [-0.4, -0.2) is 24.2 Å². The summed E-state index contributed by atoms with van der Waals surface area (Å²) in [5.74, 6) is 0. The average molecular weight is 285 g/mol. The van der Waals surface area contributed by atoms with Gasteiger partial charge in [0.2, 0.25) is 0 Å². The van der Waals surface area contributed by atoms with Crippen molar-refractivity contribution in [3.05, 3.63) is 30.5 Å². The fraction of sp³-hybridized carbons (Fsp3) is 0.471. The van der Waals surface area contributed by atoms with Crippen LogP contribution in [0.1, 0.15) is 32.1 Å². The van der Waals surface area contributed by atoms with Gasteiger partial charge in [-0.1, -0.05) is 19.3 Å². The molecule has 0 amide bonds. The van der Waals surface area contributed by atoms with Gasteiger partial charge in [-0.25, -0.2) is 0 Å². The molecule has 2 aromatic rings. The number of ether oxygens (including phenoxy) is 1. The molecule has 0 unspecified atom stereocenters. The maximum Gasteiger partial charge on any atom is 0.0743 e. The van der Waals surface area contributed by atoms with Crippen LogP contribution in [0.3, 0.4) is 0 Å². The molecule has 1 heterocycles. The molecule has 4 nitrogen and oxygen atoms in total. The number of nitrogens with zero attached hydrogens (tertiary/aromatic N) is 1. The normalized spacial score (nSPS) is 16.2. The molecule has 4 heteroatoms. The zero-order chi connectivity index (χ0) is 14.5. The van der Waals surface area contributed by atoms with E-state index in [1.807, 2.05) is 30.5 Å². The third-order valence-electron chi connectivity index (χ3n) is 4.09. The molecule has 3 rings (SSSR count). The standard InChI is InChI=1S/C17H23N3O/c18-13-6-7-15-16(8-9-19-17(15)12-13)20-10-11-21-14-4-2-1-3-5-14/h6-9,12,14H,1-5,10-11,18H2,(H,19,20). The number of nitrogen functional groups attached to an aromatic ring is 1. The molecule has 3 N–H and O–H groups in total. The molecule has 0 radical (unpaired) electrons. The predicted octanol–water partition coefficient (Wildman–Crippen LogP) is 3.58. The molecule has 0 saturated heterocycles. The first-order chi connectivity index (χ1) is 10.3. The van der Waals surface area contributed by atoms with Gasteiger partial charge < -0.3 is 15.8 Å². The molecule has 0 spiro atoms. The van der Waals surface area contributed by atoms with Gasteiger partial charge in [-0.2, -0.15) is 0 Å². The second kappa shape index (κ2) is 6.76. The van der Waals surface area contributed by atoms with Crippen molar-refractivity contribution in [1.82, 2.24) is 4.98 Å². The molecule has 112 valence electrons. The Hall–Kier alpha value is -1.81. The lowest BCUT2D eigenvalue weighted by atomic mass is 9.98. The summed E-state index contributed by atoms with van der Waals surface area (Å²) in [6, 6.07) is 7.83. The number of aromatic nitrogens is 1. The van der Waals surface area contributed by atoms with Crippen LogP contribution < -0.4 is 11.1 Å². The number of benzene rings is 1. The molecule has 1 aliphatic rings. The van der Waals surface area contributed by atoms with Gasteiger partial charge in [-0.15, -0.1) is 0 Å². The maximum absolute atomic E-state index is 5.94. The van der Waals surface area contributed by atoms with Gasteiger partial charge in [-0.3, -0.25) is 4.98 Å². The number of fused-ring (bicyclic) bond motifs is 1. The largest absolute Gasteiger partial charge is 0.399 e. The van der Waals surface area contributed by atoms with Gasteiger partial charge in [-0.05, 0) is 37.1 Å². The second-order valence-electron chi connectivity index (χ2n) is 5.69. The van der Waals surface area contributed by atoms with E-state index in [0.717, 1.165) is 35.4 Å². The summed E-state index contributed by atoms with van der Waals surface area (Å²) in [6.07, 6.45) is 8.71. The van der Waals surface area contributed by atoms with E-state index in [1.54, 1.807) is 0 Å². The summed E-state index contributed by atoms with van der Waals surface area (Å²) in [7, 11) is 0. The highest BCUT2D eigenvalue weighted by atomic mass is 16.5. The fourth-order valence-corrected chi connectivity index (χ4v) is 2.96. The smallest absolute Gasteiger partial charge is 0.0743 e. The number of hydrogen-bond donors (Lipinski definition) is 2. The molecule has 1 aromatic carbocycles. The lowest BCUT2D eigenvalue weighted by Crippen LogP contribution is -2.20. The molecule has 1 aromatic heterocycles. The van der Waals surface area contributed by atoms with E-state index in [1.165, 1.54) is 32.1 Å². The zero-order valence-corrected chi connectivity index (χ0v) is 12.3. The fourth-order valence-electron chi connectivity index (χ4n) is 2.96. The summed E-state index contributed by atoms with van der Waals surface area (Å²) in [6.45, 7) is 1.57. The van der Waals surface area contributed by atoms with Gasteiger partial charge in [0.1, 0.15) is 0 Å². The average Bonchev–Trinajstić information content (AvgIpc) is 2.52. The number of anilines is 2. The summed E-state index contributed by atoms with van der Waals surface area (Å²) in [4.78, 5) is 4.35. The van der Waals surface area contributed by atoms with Crippen LogP contribution in [0.25, 0.3) is 10.9 Å².